The van der Waals surface area contributed by atoms with Crippen LogP contribution in [0.15, 0.2) is 59.8 Å². The van der Waals surface area contributed by atoms with Gasteiger partial charge in [0.1, 0.15) is 5.82 Å². The van der Waals surface area contributed by atoms with Gasteiger partial charge in [-0.25, -0.2) is 9.18 Å². The minimum absolute atomic E-state index is 0.119. The first-order chi connectivity index (χ1) is 16.0. The van der Waals surface area contributed by atoms with E-state index >= 15 is 0 Å². The summed E-state index contributed by atoms with van der Waals surface area (Å²) >= 11 is 1.20. The summed E-state index contributed by atoms with van der Waals surface area (Å²) < 4.78 is 15.2. The molecule has 2 aromatic carbocycles. The van der Waals surface area contributed by atoms with Gasteiger partial charge in [-0.2, -0.15) is 0 Å². The number of aromatic nitrogens is 3. The van der Waals surface area contributed by atoms with E-state index in [-0.39, 0.29) is 11.9 Å². The molecule has 1 atom stereocenters. The van der Waals surface area contributed by atoms with Gasteiger partial charge < -0.3 is 5.32 Å². The van der Waals surface area contributed by atoms with Crippen LogP contribution >= 0.6 is 11.8 Å². The maximum atomic E-state index is 13.4. The van der Waals surface area contributed by atoms with Crippen molar-refractivity contribution in [1.29, 1.82) is 0 Å². The molecule has 33 heavy (non-hydrogen) atoms. The van der Waals surface area contributed by atoms with Crippen LogP contribution in [0.1, 0.15) is 39.0 Å². The highest BCUT2D eigenvalue weighted by Crippen LogP contribution is 2.30. The third-order valence-corrected chi connectivity index (χ3v) is 6.62. The number of nitrogens with one attached hydrogen (secondary N) is 2. The summed E-state index contributed by atoms with van der Waals surface area (Å²) in [5.74, 6) is -0.207. The fraction of sp³-hybridized carbons (Fsp3) is 0.333. The first-order valence-corrected chi connectivity index (χ1v) is 11.9. The number of nitrogens with zero attached hydrogens (tertiary/aromatic N) is 3. The van der Waals surface area contributed by atoms with Crippen molar-refractivity contribution in [3.63, 3.8) is 0 Å². The molecule has 9 heteroatoms. The third kappa shape index (κ3) is 5.78. The summed E-state index contributed by atoms with van der Waals surface area (Å²) in [5.41, 5.74) is 1.51. The van der Waals surface area contributed by atoms with Gasteiger partial charge in [-0.1, -0.05) is 49.2 Å². The van der Waals surface area contributed by atoms with Gasteiger partial charge in [0.2, 0.25) is 5.91 Å². The van der Waals surface area contributed by atoms with E-state index in [1.807, 2.05) is 34.9 Å². The van der Waals surface area contributed by atoms with E-state index in [1.165, 1.54) is 30.3 Å². The SMILES string of the molecule is CC(Sc1nnc(-c2ccc(F)cc2)n1-c1ccccc1)C(=O)NC(=O)NC1CCCCC1. The highest BCUT2D eigenvalue weighted by atomic mass is 32.2. The Hall–Kier alpha value is -3.20. The van der Waals surface area contributed by atoms with E-state index in [9.17, 15) is 14.0 Å². The summed E-state index contributed by atoms with van der Waals surface area (Å²) in [6.45, 7) is 1.72. The topological polar surface area (TPSA) is 88.9 Å². The van der Waals surface area contributed by atoms with Crippen molar-refractivity contribution in [3.8, 4) is 17.1 Å². The fourth-order valence-corrected chi connectivity index (χ4v) is 4.70. The molecular weight excluding hydrogens is 441 g/mol. The first-order valence-electron chi connectivity index (χ1n) is 11.1. The molecule has 1 aliphatic rings. The smallest absolute Gasteiger partial charge is 0.321 e. The summed E-state index contributed by atoms with van der Waals surface area (Å²) in [6, 6.07) is 15.2. The predicted octanol–water partition coefficient (Wildman–Crippen LogP) is 4.71. The quantitative estimate of drug-likeness (QED) is 0.513. The summed E-state index contributed by atoms with van der Waals surface area (Å²) in [5, 5.41) is 13.8. The number of urea groups is 1. The van der Waals surface area contributed by atoms with Crippen LogP contribution in [0.2, 0.25) is 0 Å². The van der Waals surface area contributed by atoms with Crippen LogP contribution in [0.4, 0.5) is 9.18 Å². The molecule has 0 saturated heterocycles. The number of imide groups is 1. The molecule has 0 bridgehead atoms. The molecule has 1 unspecified atom stereocenters. The molecule has 1 fully saturated rings. The number of thioether (sulfide) groups is 1. The number of carbonyl (C=O) groups is 2. The predicted molar refractivity (Wildman–Crippen MR) is 126 cm³/mol. The zero-order valence-electron chi connectivity index (χ0n) is 18.3. The van der Waals surface area contributed by atoms with Gasteiger partial charge >= 0.3 is 6.03 Å². The number of benzene rings is 2. The second-order valence-electron chi connectivity index (χ2n) is 8.04. The molecule has 0 aliphatic heterocycles. The molecule has 3 amide bonds. The van der Waals surface area contributed by atoms with Crippen LogP contribution in [0.25, 0.3) is 17.1 Å². The second kappa shape index (κ2) is 10.6. The van der Waals surface area contributed by atoms with Gasteiger partial charge in [-0.15, -0.1) is 10.2 Å². The monoisotopic (exact) mass is 467 g/mol. The average Bonchev–Trinajstić information content (AvgIpc) is 3.24. The maximum absolute atomic E-state index is 13.4. The lowest BCUT2D eigenvalue weighted by Crippen LogP contribution is -2.47. The van der Waals surface area contributed by atoms with E-state index in [2.05, 4.69) is 20.8 Å². The highest BCUT2D eigenvalue weighted by Gasteiger charge is 2.24. The zero-order valence-corrected chi connectivity index (χ0v) is 19.1. The average molecular weight is 468 g/mol. The number of para-hydroxylation sites is 1. The molecule has 1 aliphatic carbocycles. The van der Waals surface area contributed by atoms with Gasteiger partial charge in [-0.3, -0.25) is 14.7 Å². The Morgan fingerprint density at radius 2 is 1.73 bits per heavy atom. The molecule has 7 nitrogen and oxygen atoms in total. The molecule has 2 N–H and O–H groups in total. The number of amides is 3. The van der Waals surface area contributed by atoms with Crippen LogP contribution in [0, 0.1) is 5.82 Å². The standard InChI is InChI=1S/C24H26FN5O2S/c1-16(22(31)27-23(32)26-19-8-4-2-5-9-19)33-24-29-28-21(17-12-14-18(25)15-13-17)30(24)20-10-6-3-7-11-20/h3,6-7,10-16,19H,2,4-5,8-9H2,1H3,(H2,26,27,31,32). The van der Waals surface area contributed by atoms with Crippen molar-refractivity contribution >= 4 is 23.7 Å². The molecule has 1 saturated carbocycles. The van der Waals surface area contributed by atoms with Crippen molar-refractivity contribution in [3.05, 3.63) is 60.4 Å². The van der Waals surface area contributed by atoms with Crippen molar-refractivity contribution in [2.75, 3.05) is 0 Å². The van der Waals surface area contributed by atoms with Crippen LogP contribution in [-0.2, 0) is 4.79 Å². The number of hydrogen-bond acceptors (Lipinski definition) is 5. The lowest BCUT2D eigenvalue weighted by molar-refractivity contribution is -0.119. The van der Waals surface area contributed by atoms with Crippen LogP contribution < -0.4 is 10.6 Å². The van der Waals surface area contributed by atoms with Gasteiger partial charge in [0, 0.05) is 17.3 Å². The molecule has 4 rings (SSSR count). The molecule has 0 spiro atoms. The number of hydrogen-bond donors (Lipinski definition) is 2. The first kappa shape index (κ1) is 23.0. The Bertz CT molecular complexity index is 1100. The van der Waals surface area contributed by atoms with E-state index in [0.29, 0.717) is 16.5 Å². The Morgan fingerprint density at radius 1 is 1.03 bits per heavy atom. The second-order valence-corrected chi connectivity index (χ2v) is 9.35. The molecule has 0 radical (unpaired) electrons. The Balaban J connectivity index is 1.50. The Kier molecular flexibility index (Phi) is 7.39. The molecule has 1 aromatic heterocycles. The van der Waals surface area contributed by atoms with E-state index in [4.69, 9.17) is 0 Å². The van der Waals surface area contributed by atoms with Crippen molar-refractivity contribution in [2.45, 2.75) is 55.5 Å². The van der Waals surface area contributed by atoms with E-state index in [1.54, 1.807) is 19.1 Å². The highest BCUT2D eigenvalue weighted by molar-refractivity contribution is 8.00. The molecular formula is C24H26FN5O2S. The fourth-order valence-electron chi connectivity index (χ4n) is 3.84. The lowest BCUT2D eigenvalue weighted by atomic mass is 9.96. The minimum atomic E-state index is -0.588. The normalized spacial score (nSPS) is 15.1. The van der Waals surface area contributed by atoms with Crippen LogP contribution in [0.5, 0.6) is 0 Å². The largest absolute Gasteiger partial charge is 0.335 e. The van der Waals surface area contributed by atoms with Gasteiger partial charge in [0.05, 0.1) is 5.25 Å². The zero-order chi connectivity index (χ0) is 23.2. The van der Waals surface area contributed by atoms with Crippen molar-refractivity contribution in [1.82, 2.24) is 25.4 Å². The summed E-state index contributed by atoms with van der Waals surface area (Å²) in [4.78, 5) is 24.9. The molecule has 3 aromatic rings. The Morgan fingerprint density at radius 3 is 2.42 bits per heavy atom. The van der Waals surface area contributed by atoms with Crippen LogP contribution in [-0.4, -0.2) is 38.0 Å². The molecule has 1 heterocycles. The maximum Gasteiger partial charge on any atom is 0.321 e. The minimum Gasteiger partial charge on any atom is -0.335 e. The third-order valence-electron chi connectivity index (χ3n) is 5.58. The van der Waals surface area contributed by atoms with Crippen molar-refractivity contribution in [2.24, 2.45) is 0 Å². The lowest BCUT2D eigenvalue weighted by Gasteiger charge is -2.23. The van der Waals surface area contributed by atoms with E-state index in [0.717, 1.165) is 31.4 Å². The van der Waals surface area contributed by atoms with Gasteiger partial charge in [-0.05, 0) is 56.2 Å². The summed E-state index contributed by atoms with van der Waals surface area (Å²) in [7, 11) is 0. The summed E-state index contributed by atoms with van der Waals surface area (Å²) in [6.07, 6.45) is 5.26. The Labute approximate surface area is 196 Å². The number of rotatable bonds is 6. The number of halogens is 1. The van der Waals surface area contributed by atoms with Gasteiger partial charge in [0.25, 0.3) is 0 Å². The van der Waals surface area contributed by atoms with Gasteiger partial charge in [0.15, 0.2) is 11.0 Å². The van der Waals surface area contributed by atoms with E-state index < -0.39 is 17.2 Å². The molecule has 172 valence electrons. The number of carbonyl (C=O) groups excluding carboxylic acids is 2. The van der Waals surface area contributed by atoms with Crippen LogP contribution in [0.3, 0.4) is 0 Å². The van der Waals surface area contributed by atoms with Crippen molar-refractivity contribution < 1.29 is 14.0 Å².